The van der Waals surface area contributed by atoms with Crippen LogP contribution in [0.4, 0.5) is 0 Å². The zero-order valence-electron chi connectivity index (χ0n) is 6.71. The van der Waals surface area contributed by atoms with Crippen LogP contribution in [0.1, 0.15) is 5.69 Å². The molecule has 2 heterocycles. The van der Waals surface area contributed by atoms with Crippen LogP contribution in [-0.4, -0.2) is 25.9 Å². The highest BCUT2D eigenvalue weighted by Crippen LogP contribution is 2.01. The first-order chi connectivity index (χ1) is 6.25. The molecule has 0 radical (unpaired) electrons. The second-order valence-electron chi connectivity index (χ2n) is 2.64. The van der Waals surface area contributed by atoms with Crippen LogP contribution in [-0.2, 0) is 11.2 Å². The van der Waals surface area contributed by atoms with Crippen molar-refractivity contribution in [2.24, 2.45) is 0 Å². The lowest BCUT2D eigenvalue weighted by atomic mass is 10.3. The van der Waals surface area contributed by atoms with Gasteiger partial charge in [-0.05, 0) is 18.2 Å². The highest BCUT2D eigenvalue weighted by molar-refractivity contribution is 5.69. The Labute approximate surface area is 73.6 Å². The predicted molar refractivity (Wildman–Crippen MR) is 44.3 cm³/mol. The second-order valence-corrected chi connectivity index (χ2v) is 2.64. The molecule has 0 aliphatic rings. The van der Waals surface area contributed by atoms with Crippen LogP contribution in [0, 0.1) is 0 Å². The molecule has 0 spiro atoms. The van der Waals surface area contributed by atoms with Crippen LogP contribution >= 0.6 is 0 Å². The van der Waals surface area contributed by atoms with Crippen molar-refractivity contribution < 1.29 is 9.90 Å². The number of aromatic nitrogens is 3. The minimum Gasteiger partial charge on any atom is -0.481 e. The van der Waals surface area contributed by atoms with Gasteiger partial charge in [-0.1, -0.05) is 0 Å². The van der Waals surface area contributed by atoms with Crippen LogP contribution in [0.15, 0.2) is 24.4 Å². The molecule has 0 saturated heterocycles. The summed E-state index contributed by atoms with van der Waals surface area (Å²) < 4.78 is 1.41. The fraction of sp³-hybridized carbons (Fsp3) is 0.125. The monoisotopic (exact) mass is 177 g/mol. The first kappa shape index (κ1) is 7.72. The first-order valence-corrected chi connectivity index (χ1v) is 3.77. The van der Waals surface area contributed by atoms with Crippen molar-refractivity contribution in [2.75, 3.05) is 0 Å². The normalized spacial score (nSPS) is 10.5. The molecule has 2 rings (SSSR count). The molecule has 2 aromatic heterocycles. The molecule has 13 heavy (non-hydrogen) atoms. The average Bonchev–Trinajstić information content (AvgIpc) is 2.49. The minimum absolute atomic E-state index is 0.0736. The van der Waals surface area contributed by atoms with Gasteiger partial charge >= 0.3 is 5.97 Å². The van der Waals surface area contributed by atoms with Crippen LogP contribution in [0.3, 0.4) is 0 Å². The number of rotatable bonds is 2. The molecule has 0 aliphatic heterocycles. The average molecular weight is 177 g/mol. The third kappa shape index (κ3) is 1.48. The third-order valence-electron chi connectivity index (χ3n) is 1.65. The van der Waals surface area contributed by atoms with E-state index in [0.717, 1.165) is 5.52 Å². The maximum atomic E-state index is 10.4. The van der Waals surface area contributed by atoms with Gasteiger partial charge in [-0.25, -0.2) is 0 Å². The van der Waals surface area contributed by atoms with E-state index in [0.29, 0.717) is 5.69 Å². The SMILES string of the molecule is O=C(O)Cc1ccc2ccnn2n1. The lowest BCUT2D eigenvalue weighted by Gasteiger charge is -1.96. The predicted octanol–water partition coefficient (Wildman–Crippen LogP) is 0.356. The van der Waals surface area contributed by atoms with E-state index < -0.39 is 5.97 Å². The Kier molecular flexibility index (Phi) is 1.70. The van der Waals surface area contributed by atoms with Gasteiger partial charge in [-0.3, -0.25) is 4.79 Å². The number of carbonyl (C=O) groups is 1. The van der Waals surface area contributed by atoms with E-state index in [2.05, 4.69) is 10.2 Å². The molecule has 0 aliphatic carbocycles. The summed E-state index contributed by atoms with van der Waals surface area (Å²) in [5.41, 5.74) is 1.36. The molecular weight excluding hydrogens is 170 g/mol. The Morgan fingerprint density at radius 2 is 2.31 bits per heavy atom. The van der Waals surface area contributed by atoms with Crippen LogP contribution in [0.25, 0.3) is 5.52 Å². The summed E-state index contributed by atoms with van der Waals surface area (Å²) in [6.07, 6.45) is 1.54. The Morgan fingerprint density at radius 1 is 1.46 bits per heavy atom. The van der Waals surface area contributed by atoms with Crippen LogP contribution in [0.2, 0.25) is 0 Å². The Morgan fingerprint density at radius 3 is 3.08 bits per heavy atom. The first-order valence-electron chi connectivity index (χ1n) is 3.77. The van der Waals surface area contributed by atoms with Crippen LogP contribution in [0.5, 0.6) is 0 Å². The van der Waals surface area contributed by atoms with Gasteiger partial charge in [0.05, 0.1) is 23.8 Å². The Bertz CT molecular complexity index is 449. The second kappa shape index (κ2) is 2.85. The van der Waals surface area contributed by atoms with Crippen LogP contribution < -0.4 is 0 Å². The van der Waals surface area contributed by atoms with Gasteiger partial charge in [0.25, 0.3) is 0 Å². The van der Waals surface area contributed by atoms with Crippen molar-refractivity contribution in [3.8, 4) is 0 Å². The van der Waals surface area contributed by atoms with E-state index in [1.54, 1.807) is 24.4 Å². The topological polar surface area (TPSA) is 67.5 Å². The number of nitrogens with zero attached hydrogens (tertiary/aromatic N) is 3. The maximum Gasteiger partial charge on any atom is 0.309 e. The van der Waals surface area contributed by atoms with E-state index in [9.17, 15) is 4.79 Å². The van der Waals surface area contributed by atoms with Crippen molar-refractivity contribution in [3.05, 3.63) is 30.1 Å². The van der Waals surface area contributed by atoms with Gasteiger partial charge in [0.2, 0.25) is 0 Å². The van der Waals surface area contributed by atoms with E-state index >= 15 is 0 Å². The quantitative estimate of drug-likeness (QED) is 0.719. The molecule has 66 valence electrons. The number of fused-ring (bicyclic) bond motifs is 1. The van der Waals surface area contributed by atoms with Gasteiger partial charge in [-0.15, -0.1) is 0 Å². The zero-order valence-corrected chi connectivity index (χ0v) is 6.71. The van der Waals surface area contributed by atoms with Crippen molar-refractivity contribution in [2.45, 2.75) is 6.42 Å². The van der Waals surface area contributed by atoms with E-state index in [-0.39, 0.29) is 6.42 Å². The number of hydrogen-bond acceptors (Lipinski definition) is 3. The molecule has 0 aromatic carbocycles. The van der Waals surface area contributed by atoms with Gasteiger partial charge in [0.1, 0.15) is 0 Å². The molecule has 0 amide bonds. The summed E-state index contributed by atoms with van der Waals surface area (Å²) in [6.45, 7) is 0. The molecule has 0 fully saturated rings. The summed E-state index contributed by atoms with van der Waals surface area (Å²) in [4.78, 5) is 10.4. The lowest BCUT2D eigenvalue weighted by Crippen LogP contribution is -2.05. The van der Waals surface area contributed by atoms with Gasteiger partial charge in [-0.2, -0.15) is 14.8 Å². The maximum absolute atomic E-state index is 10.4. The Balaban J connectivity index is 2.42. The molecule has 2 aromatic rings. The molecule has 5 nitrogen and oxygen atoms in total. The third-order valence-corrected chi connectivity index (χ3v) is 1.65. The fourth-order valence-corrected chi connectivity index (χ4v) is 1.10. The smallest absolute Gasteiger partial charge is 0.309 e. The summed E-state index contributed by atoms with van der Waals surface area (Å²) in [5, 5.41) is 16.4. The van der Waals surface area contributed by atoms with Crippen molar-refractivity contribution in [3.63, 3.8) is 0 Å². The highest BCUT2D eigenvalue weighted by Gasteiger charge is 2.02. The molecule has 0 bridgehead atoms. The number of carboxylic acid groups (broad SMARTS) is 1. The fourth-order valence-electron chi connectivity index (χ4n) is 1.10. The number of aliphatic carboxylic acids is 1. The molecular formula is C8H7N3O2. The largest absolute Gasteiger partial charge is 0.481 e. The summed E-state index contributed by atoms with van der Waals surface area (Å²) in [7, 11) is 0. The van der Waals surface area contributed by atoms with Crippen molar-refractivity contribution in [1.82, 2.24) is 14.8 Å². The van der Waals surface area contributed by atoms with E-state index in [1.807, 2.05) is 0 Å². The molecule has 0 saturated carbocycles. The van der Waals surface area contributed by atoms with Gasteiger partial charge in [0.15, 0.2) is 0 Å². The summed E-state index contributed by atoms with van der Waals surface area (Å²) >= 11 is 0. The molecule has 1 N–H and O–H groups in total. The molecule has 0 atom stereocenters. The minimum atomic E-state index is -0.890. The number of hydrogen-bond donors (Lipinski definition) is 1. The summed E-state index contributed by atoms with van der Waals surface area (Å²) in [5.74, 6) is -0.890. The number of carboxylic acids is 1. The Hall–Kier alpha value is -1.91. The highest BCUT2D eigenvalue weighted by atomic mass is 16.4. The van der Waals surface area contributed by atoms with Crippen molar-refractivity contribution in [1.29, 1.82) is 0 Å². The van der Waals surface area contributed by atoms with Gasteiger partial charge in [0, 0.05) is 0 Å². The lowest BCUT2D eigenvalue weighted by molar-refractivity contribution is -0.136. The van der Waals surface area contributed by atoms with E-state index in [1.165, 1.54) is 4.63 Å². The van der Waals surface area contributed by atoms with Gasteiger partial charge < -0.3 is 5.11 Å². The molecule has 5 heteroatoms. The molecule has 0 unspecified atom stereocenters. The zero-order chi connectivity index (χ0) is 9.26. The summed E-state index contributed by atoms with van der Waals surface area (Å²) in [6, 6.07) is 5.28. The van der Waals surface area contributed by atoms with Crippen molar-refractivity contribution >= 4 is 11.5 Å². The standard InChI is InChI=1S/C8H7N3O2/c12-8(13)5-6-1-2-7-3-4-9-11(7)10-6/h1-4H,5H2,(H,12,13). The van der Waals surface area contributed by atoms with E-state index in [4.69, 9.17) is 5.11 Å².